The number of hydrogen-bond acceptors (Lipinski definition) is 5. The first-order valence-corrected chi connectivity index (χ1v) is 5.65. The van der Waals surface area contributed by atoms with Gasteiger partial charge >= 0.3 is 10.4 Å². The maximum atomic E-state index is 9.33. The summed E-state index contributed by atoms with van der Waals surface area (Å²) in [6.07, 6.45) is 1.10. The minimum absolute atomic E-state index is 0.699. The summed E-state index contributed by atoms with van der Waals surface area (Å²) in [5.74, 6) is 0. The van der Waals surface area contributed by atoms with Gasteiger partial charge in [-0.2, -0.15) is 8.42 Å². The molecule has 14 heavy (non-hydrogen) atoms. The third-order valence-corrected chi connectivity index (χ3v) is 1.43. The molecule has 0 aromatic carbocycles. The van der Waals surface area contributed by atoms with Crippen molar-refractivity contribution in [2.75, 3.05) is 27.0 Å². The van der Waals surface area contributed by atoms with Crippen LogP contribution in [0.2, 0.25) is 0 Å². The zero-order valence-corrected chi connectivity index (χ0v) is 9.63. The minimum Gasteiger partial charge on any atom is -0.366 e. The predicted molar refractivity (Wildman–Crippen MR) is 53.3 cm³/mol. The maximum absolute atomic E-state index is 9.33. The zero-order chi connectivity index (χ0) is 11.4. The van der Waals surface area contributed by atoms with Crippen LogP contribution in [0.4, 0.5) is 0 Å². The van der Waals surface area contributed by atoms with Crippen LogP contribution in [0.3, 0.4) is 0 Å². The fourth-order valence-electron chi connectivity index (χ4n) is 0.391. The molecule has 0 aliphatic heterocycles. The van der Waals surface area contributed by atoms with Crippen LogP contribution < -0.4 is 5.32 Å². The van der Waals surface area contributed by atoms with Crippen LogP contribution in [0, 0.1) is 0 Å². The molecule has 0 radical (unpaired) electrons. The van der Waals surface area contributed by atoms with Crippen molar-refractivity contribution in [3.63, 3.8) is 0 Å². The molecule has 0 saturated carbocycles. The topological polar surface area (TPSA) is 84.9 Å². The minimum atomic E-state index is -4.16. The van der Waals surface area contributed by atoms with Crippen molar-refractivity contribution in [1.82, 2.24) is 5.32 Å². The maximum Gasteiger partial charge on any atom is 0.397 e. The lowest BCUT2D eigenvalue weighted by molar-refractivity contribution is 0.118. The fraction of sp³-hybridized carbons (Fsp3) is 1.00. The molecule has 0 spiro atoms. The van der Waals surface area contributed by atoms with E-state index in [4.69, 9.17) is 9.29 Å². The van der Waals surface area contributed by atoms with E-state index >= 15 is 0 Å². The first-order valence-electron chi connectivity index (χ1n) is 4.29. The summed E-state index contributed by atoms with van der Waals surface area (Å²) in [7, 11) is -3.29. The van der Waals surface area contributed by atoms with E-state index in [1.54, 1.807) is 0 Å². The summed E-state index contributed by atoms with van der Waals surface area (Å²) in [5, 5.41) is 3.06. The molecule has 0 aromatic heterocycles. The highest BCUT2D eigenvalue weighted by atomic mass is 32.3. The molecule has 0 heterocycles. The van der Waals surface area contributed by atoms with E-state index in [1.807, 2.05) is 0 Å². The van der Waals surface area contributed by atoms with Crippen molar-refractivity contribution < 1.29 is 21.9 Å². The van der Waals surface area contributed by atoms with Gasteiger partial charge < -0.3 is 4.74 Å². The van der Waals surface area contributed by atoms with E-state index < -0.39 is 10.4 Å². The lowest BCUT2D eigenvalue weighted by atomic mass is 10.5. The number of ether oxygens (including phenoxy) is 1. The van der Waals surface area contributed by atoms with Gasteiger partial charge in [0, 0.05) is 6.61 Å². The summed E-state index contributed by atoms with van der Waals surface area (Å²) in [4.78, 5) is 0. The van der Waals surface area contributed by atoms with Gasteiger partial charge in [0.25, 0.3) is 0 Å². The Morgan fingerprint density at radius 3 is 2.14 bits per heavy atom. The van der Waals surface area contributed by atoms with Gasteiger partial charge in [-0.3, -0.25) is 14.1 Å². The van der Waals surface area contributed by atoms with Crippen LogP contribution >= 0.6 is 0 Å². The second-order valence-electron chi connectivity index (χ2n) is 2.25. The standard InChI is InChI=1S/C6H15NO.CH4O4S/c1-3-5-8-6-7-4-2;1-5-6(2,3)4/h7H,3-6H2,1-2H3;1H3,(H,2,3,4). The molecule has 0 aromatic rings. The van der Waals surface area contributed by atoms with E-state index in [0.29, 0.717) is 6.73 Å². The summed E-state index contributed by atoms with van der Waals surface area (Å²) in [6, 6.07) is 0. The predicted octanol–water partition coefficient (Wildman–Crippen LogP) is 0.416. The summed E-state index contributed by atoms with van der Waals surface area (Å²) in [5.41, 5.74) is 0. The van der Waals surface area contributed by atoms with Crippen LogP contribution in [0.15, 0.2) is 0 Å². The molecule has 2 N–H and O–H groups in total. The highest BCUT2D eigenvalue weighted by molar-refractivity contribution is 7.80. The van der Waals surface area contributed by atoms with Gasteiger partial charge in [-0.15, -0.1) is 0 Å². The molecule has 0 aliphatic rings. The van der Waals surface area contributed by atoms with Gasteiger partial charge in [0.05, 0.1) is 13.8 Å². The molecule has 0 aliphatic carbocycles. The molecule has 0 rings (SSSR count). The van der Waals surface area contributed by atoms with E-state index in [1.165, 1.54) is 0 Å². The van der Waals surface area contributed by atoms with Crippen LogP contribution in [0.25, 0.3) is 0 Å². The van der Waals surface area contributed by atoms with Gasteiger partial charge in [-0.1, -0.05) is 13.8 Å². The Kier molecular flexibility index (Phi) is 12.6. The van der Waals surface area contributed by atoms with Crippen LogP contribution in [-0.4, -0.2) is 40.0 Å². The summed E-state index contributed by atoms with van der Waals surface area (Å²) >= 11 is 0. The van der Waals surface area contributed by atoms with Crippen molar-refractivity contribution in [1.29, 1.82) is 0 Å². The molecule has 7 heteroatoms. The average Bonchev–Trinajstić information content (AvgIpc) is 2.13. The highest BCUT2D eigenvalue weighted by Crippen LogP contribution is 1.75. The Balaban J connectivity index is 0. The van der Waals surface area contributed by atoms with E-state index in [2.05, 4.69) is 23.3 Å². The monoisotopic (exact) mass is 229 g/mol. The van der Waals surface area contributed by atoms with Crippen LogP contribution in [0.5, 0.6) is 0 Å². The first-order chi connectivity index (χ1) is 6.47. The van der Waals surface area contributed by atoms with Crippen molar-refractivity contribution in [2.45, 2.75) is 20.3 Å². The fourth-order valence-corrected chi connectivity index (χ4v) is 0.391. The third-order valence-electron chi connectivity index (χ3n) is 1.01. The Morgan fingerprint density at radius 1 is 1.36 bits per heavy atom. The van der Waals surface area contributed by atoms with Gasteiger partial charge in [0.2, 0.25) is 0 Å². The van der Waals surface area contributed by atoms with E-state index in [0.717, 1.165) is 26.7 Å². The average molecular weight is 229 g/mol. The van der Waals surface area contributed by atoms with Crippen molar-refractivity contribution in [2.24, 2.45) is 0 Å². The van der Waals surface area contributed by atoms with Crippen molar-refractivity contribution in [3.8, 4) is 0 Å². The SMILES string of the molecule is CCCOCNCC.COS(=O)(=O)O. The molecule has 0 amide bonds. The van der Waals surface area contributed by atoms with Gasteiger partial charge in [-0.05, 0) is 13.0 Å². The van der Waals surface area contributed by atoms with Crippen LogP contribution in [-0.2, 0) is 19.3 Å². The van der Waals surface area contributed by atoms with Gasteiger partial charge in [-0.25, -0.2) is 0 Å². The lowest BCUT2D eigenvalue weighted by Crippen LogP contribution is -2.16. The number of hydrogen-bond donors (Lipinski definition) is 2. The Labute approximate surface area is 85.5 Å². The second kappa shape index (κ2) is 10.9. The molecule has 0 saturated heterocycles. The van der Waals surface area contributed by atoms with E-state index in [-0.39, 0.29) is 0 Å². The smallest absolute Gasteiger partial charge is 0.366 e. The summed E-state index contributed by atoms with van der Waals surface area (Å²) in [6.45, 7) is 6.72. The van der Waals surface area contributed by atoms with E-state index in [9.17, 15) is 8.42 Å². The zero-order valence-electron chi connectivity index (χ0n) is 8.82. The molecule has 0 fully saturated rings. The summed E-state index contributed by atoms with van der Waals surface area (Å²) < 4.78 is 34.8. The van der Waals surface area contributed by atoms with Crippen molar-refractivity contribution >= 4 is 10.4 Å². The molecule has 0 unspecified atom stereocenters. The quantitative estimate of drug-likeness (QED) is 0.390. The van der Waals surface area contributed by atoms with Crippen molar-refractivity contribution in [3.05, 3.63) is 0 Å². The highest BCUT2D eigenvalue weighted by Gasteiger charge is 1.94. The Bertz CT molecular complexity index is 186. The molecule has 0 atom stereocenters. The normalized spacial score (nSPS) is 10.6. The Morgan fingerprint density at radius 2 is 1.86 bits per heavy atom. The van der Waals surface area contributed by atoms with Gasteiger partial charge in [0.1, 0.15) is 0 Å². The first kappa shape index (κ1) is 16.2. The van der Waals surface area contributed by atoms with Crippen LogP contribution in [0.1, 0.15) is 20.3 Å². The molecular formula is C7H19NO5S. The molecular weight excluding hydrogens is 210 g/mol. The largest absolute Gasteiger partial charge is 0.397 e. The Hall–Kier alpha value is -0.210. The lowest BCUT2D eigenvalue weighted by Gasteiger charge is -2.00. The molecule has 0 bridgehead atoms. The number of rotatable bonds is 6. The molecule has 88 valence electrons. The second-order valence-corrected chi connectivity index (χ2v) is 3.44. The van der Waals surface area contributed by atoms with Gasteiger partial charge in [0.15, 0.2) is 0 Å². The third kappa shape index (κ3) is 22.6. The molecule has 6 nitrogen and oxygen atoms in total. The number of nitrogens with one attached hydrogen (secondary N) is 1.